The minimum atomic E-state index is -1.14. The number of nitrogens with zero attached hydrogens (tertiary/aromatic N) is 2. The van der Waals surface area contributed by atoms with Crippen LogP contribution in [0.25, 0.3) is 0 Å². The maximum atomic E-state index is 11.0. The van der Waals surface area contributed by atoms with Crippen molar-refractivity contribution in [2.75, 3.05) is 11.9 Å². The van der Waals surface area contributed by atoms with E-state index in [2.05, 4.69) is 5.32 Å². The Balaban J connectivity index is 2.21. The molecule has 1 aromatic heterocycles. The third-order valence-corrected chi connectivity index (χ3v) is 3.77. The summed E-state index contributed by atoms with van der Waals surface area (Å²) >= 11 is 1.47. The van der Waals surface area contributed by atoms with Gasteiger partial charge in [-0.1, -0.05) is 0 Å². The quantitative estimate of drug-likeness (QED) is 0.653. The molecule has 1 heterocycles. The summed E-state index contributed by atoms with van der Waals surface area (Å²) in [7, 11) is 0. The molecule has 2 N–H and O–H groups in total. The van der Waals surface area contributed by atoms with Gasteiger partial charge in [0.1, 0.15) is 11.3 Å². The minimum Gasteiger partial charge on any atom is -0.384 e. The van der Waals surface area contributed by atoms with E-state index in [4.69, 9.17) is 5.26 Å². The van der Waals surface area contributed by atoms with Crippen LogP contribution in [0, 0.1) is 21.4 Å². The number of hydrogen-bond donors (Lipinski definition) is 2. The van der Waals surface area contributed by atoms with Crippen molar-refractivity contribution >= 4 is 22.7 Å². The minimum absolute atomic E-state index is 0.122. The van der Waals surface area contributed by atoms with E-state index in [-0.39, 0.29) is 23.5 Å². The van der Waals surface area contributed by atoms with Crippen LogP contribution in [0.3, 0.4) is 0 Å². The monoisotopic (exact) mass is 303 g/mol. The zero-order valence-corrected chi connectivity index (χ0v) is 12.1. The Labute approximate surface area is 125 Å². The molecule has 1 aromatic carbocycles. The van der Waals surface area contributed by atoms with Crippen molar-refractivity contribution in [2.45, 2.75) is 12.5 Å². The lowest BCUT2D eigenvalue weighted by Gasteiger charge is -2.23. The molecule has 0 aliphatic carbocycles. The molecule has 0 amide bonds. The summed E-state index contributed by atoms with van der Waals surface area (Å²) in [4.78, 5) is 10.5. The van der Waals surface area contributed by atoms with Gasteiger partial charge in [0.25, 0.3) is 5.69 Å². The van der Waals surface area contributed by atoms with E-state index in [1.165, 1.54) is 29.5 Å². The number of aliphatic hydroxyl groups is 1. The fourth-order valence-corrected chi connectivity index (χ4v) is 2.62. The van der Waals surface area contributed by atoms with Crippen LogP contribution < -0.4 is 5.32 Å². The number of nitriles is 1. The van der Waals surface area contributed by atoms with E-state index in [9.17, 15) is 15.2 Å². The van der Waals surface area contributed by atoms with Crippen molar-refractivity contribution in [1.29, 1.82) is 5.26 Å². The summed E-state index contributed by atoms with van der Waals surface area (Å²) in [5.74, 6) is 0. The van der Waals surface area contributed by atoms with E-state index < -0.39 is 10.5 Å². The van der Waals surface area contributed by atoms with Crippen LogP contribution in [0.1, 0.15) is 18.1 Å². The number of anilines is 1. The molecule has 0 aliphatic rings. The van der Waals surface area contributed by atoms with Crippen molar-refractivity contribution in [3.63, 3.8) is 0 Å². The molecule has 0 bridgehead atoms. The van der Waals surface area contributed by atoms with Gasteiger partial charge in [-0.05, 0) is 41.4 Å². The van der Waals surface area contributed by atoms with E-state index in [1.807, 2.05) is 16.8 Å². The summed E-state index contributed by atoms with van der Waals surface area (Å²) in [5, 5.41) is 36.8. The maximum Gasteiger partial charge on any atom is 0.293 e. The Morgan fingerprint density at radius 1 is 1.52 bits per heavy atom. The molecule has 0 saturated carbocycles. The number of nitrogens with one attached hydrogen (secondary N) is 1. The summed E-state index contributed by atoms with van der Waals surface area (Å²) in [5.41, 5.74) is -0.0836. The average molecular weight is 303 g/mol. The second kappa shape index (κ2) is 5.91. The highest BCUT2D eigenvalue weighted by molar-refractivity contribution is 7.08. The molecule has 0 radical (unpaired) electrons. The third-order valence-electron chi connectivity index (χ3n) is 3.09. The fraction of sp³-hybridized carbons (Fsp3) is 0.214. The van der Waals surface area contributed by atoms with Gasteiger partial charge in [0.2, 0.25) is 0 Å². The smallest absolute Gasteiger partial charge is 0.293 e. The van der Waals surface area contributed by atoms with E-state index >= 15 is 0 Å². The normalized spacial score (nSPS) is 13.2. The standard InChI is InChI=1S/C14H13N3O3S/c1-14(18,11-4-5-21-8-11)9-16-12-3-2-10(7-15)6-13(12)17(19)20/h2-6,8,16,18H,9H2,1H3. The number of benzene rings is 1. The Bertz CT molecular complexity index is 690. The van der Waals surface area contributed by atoms with Crippen LogP contribution in [0.15, 0.2) is 35.0 Å². The van der Waals surface area contributed by atoms with Crippen LogP contribution in [0.4, 0.5) is 11.4 Å². The third kappa shape index (κ3) is 3.37. The van der Waals surface area contributed by atoms with Gasteiger partial charge >= 0.3 is 0 Å². The van der Waals surface area contributed by atoms with E-state index in [0.717, 1.165) is 5.56 Å². The Morgan fingerprint density at radius 2 is 2.29 bits per heavy atom. The van der Waals surface area contributed by atoms with Crippen LogP contribution in [-0.4, -0.2) is 16.6 Å². The first-order chi connectivity index (χ1) is 9.94. The molecule has 6 nitrogen and oxygen atoms in total. The van der Waals surface area contributed by atoms with Gasteiger partial charge in [0, 0.05) is 12.6 Å². The first kappa shape index (κ1) is 15.0. The molecule has 1 atom stereocenters. The Kier molecular flexibility index (Phi) is 4.21. The van der Waals surface area contributed by atoms with Gasteiger partial charge in [0.05, 0.1) is 16.6 Å². The van der Waals surface area contributed by atoms with Gasteiger partial charge in [-0.3, -0.25) is 10.1 Å². The Hall–Kier alpha value is -2.43. The topological polar surface area (TPSA) is 99.2 Å². The summed E-state index contributed by atoms with van der Waals surface area (Å²) in [6.07, 6.45) is 0. The van der Waals surface area contributed by atoms with Gasteiger partial charge in [-0.15, -0.1) is 0 Å². The van der Waals surface area contributed by atoms with E-state index in [1.54, 1.807) is 13.0 Å². The first-order valence-electron chi connectivity index (χ1n) is 6.11. The van der Waals surface area contributed by atoms with E-state index in [0.29, 0.717) is 0 Å². The second-order valence-corrected chi connectivity index (χ2v) is 5.52. The predicted molar refractivity (Wildman–Crippen MR) is 80.2 cm³/mol. The maximum absolute atomic E-state index is 11.0. The summed E-state index contributed by atoms with van der Waals surface area (Å²) < 4.78 is 0. The number of nitro groups is 1. The molecule has 2 rings (SSSR count). The molecular weight excluding hydrogens is 290 g/mol. The van der Waals surface area contributed by atoms with Crippen molar-refractivity contribution in [2.24, 2.45) is 0 Å². The predicted octanol–water partition coefficient (Wildman–Crippen LogP) is 2.85. The second-order valence-electron chi connectivity index (χ2n) is 4.74. The van der Waals surface area contributed by atoms with Crippen molar-refractivity contribution in [3.05, 3.63) is 56.3 Å². The number of thiophene rings is 1. The average Bonchev–Trinajstić information content (AvgIpc) is 3.00. The lowest BCUT2D eigenvalue weighted by atomic mass is 9.99. The molecular formula is C14H13N3O3S. The van der Waals surface area contributed by atoms with Gasteiger partial charge in [0.15, 0.2) is 0 Å². The number of hydrogen-bond acceptors (Lipinski definition) is 6. The molecule has 7 heteroatoms. The fourth-order valence-electron chi connectivity index (χ4n) is 1.84. The summed E-state index contributed by atoms with van der Waals surface area (Å²) in [6.45, 7) is 1.76. The molecule has 0 saturated heterocycles. The molecule has 21 heavy (non-hydrogen) atoms. The van der Waals surface area contributed by atoms with Gasteiger partial charge in [-0.2, -0.15) is 16.6 Å². The van der Waals surface area contributed by atoms with Gasteiger partial charge in [-0.25, -0.2) is 0 Å². The largest absolute Gasteiger partial charge is 0.384 e. The van der Waals surface area contributed by atoms with Crippen molar-refractivity contribution < 1.29 is 10.0 Å². The zero-order chi connectivity index (χ0) is 15.5. The number of rotatable bonds is 5. The highest BCUT2D eigenvalue weighted by Crippen LogP contribution is 2.28. The molecule has 1 unspecified atom stereocenters. The molecule has 0 aliphatic heterocycles. The molecule has 2 aromatic rings. The van der Waals surface area contributed by atoms with Crippen LogP contribution in [-0.2, 0) is 5.60 Å². The van der Waals surface area contributed by atoms with Gasteiger partial charge < -0.3 is 10.4 Å². The lowest BCUT2D eigenvalue weighted by Crippen LogP contribution is -2.30. The van der Waals surface area contributed by atoms with Crippen LogP contribution in [0.5, 0.6) is 0 Å². The SMILES string of the molecule is CC(O)(CNc1ccc(C#N)cc1[N+](=O)[O-])c1ccsc1. The Morgan fingerprint density at radius 3 is 2.86 bits per heavy atom. The van der Waals surface area contributed by atoms with Crippen LogP contribution >= 0.6 is 11.3 Å². The van der Waals surface area contributed by atoms with Crippen molar-refractivity contribution in [1.82, 2.24) is 0 Å². The van der Waals surface area contributed by atoms with Crippen molar-refractivity contribution in [3.8, 4) is 6.07 Å². The van der Waals surface area contributed by atoms with Crippen LogP contribution in [0.2, 0.25) is 0 Å². The number of nitro benzene ring substituents is 1. The summed E-state index contributed by atoms with van der Waals surface area (Å²) in [6, 6.07) is 7.85. The molecule has 108 valence electrons. The zero-order valence-electron chi connectivity index (χ0n) is 11.2. The molecule has 0 spiro atoms. The first-order valence-corrected chi connectivity index (χ1v) is 7.06. The lowest BCUT2D eigenvalue weighted by molar-refractivity contribution is -0.384. The molecule has 0 fully saturated rings. The highest BCUT2D eigenvalue weighted by Gasteiger charge is 2.25. The highest BCUT2D eigenvalue weighted by atomic mass is 32.1.